The van der Waals surface area contributed by atoms with Crippen molar-refractivity contribution < 1.29 is 5.11 Å². The Labute approximate surface area is 125 Å². The molecule has 0 radical (unpaired) electrons. The first-order valence-corrected chi connectivity index (χ1v) is 7.43. The number of pyridine rings is 1. The molecule has 2 heterocycles. The van der Waals surface area contributed by atoms with Crippen LogP contribution >= 0.6 is 0 Å². The number of piperazine rings is 1. The smallest absolute Gasteiger partial charge is 0.128 e. The van der Waals surface area contributed by atoms with E-state index >= 15 is 0 Å². The zero-order valence-electron chi connectivity index (χ0n) is 12.3. The third-order valence-corrected chi connectivity index (χ3v) is 3.99. The molecule has 110 valence electrons. The van der Waals surface area contributed by atoms with Crippen molar-refractivity contribution >= 4 is 11.5 Å². The summed E-state index contributed by atoms with van der Waals surface area (Å²) >= 11 is 0. The topological polar surface area (TPSA) is 39.6 Å². The third kappa shape index (κ3) is 3.16. The van der Waals surface area contributed by atoms with Crippen LogP contribution in [0.3, 0.4) is 0 Å². The largest absolute Gasteiger partial charge is 0.389 e. The summed E-state index contributed by atoms with van der Waals surface area (Å²) in [7, 11) is 0. The first-order valence-electron chi connectivity index (χ1n) is 7.43. The van der Waals surface area contributed by atoms with Crippen molar-refractivity contribution in [3.8, 4) is 0 Å². The predicted octanol–water partition coefficient (Wildman–Crippen LogP) is 2.46. The molecule has 0 amide bonds. The van der Waals surface area contributed by atoms with Gasteiger partial charge in [-0.2, -0.15) is 0 Å². The van der Waals surface area contributed by atoms with Crippen molar-refractivity contribution in [3.63, 3.8) is 0 Å². The van der Waals surface area contributed by atoms with Crippen molar-refractivity contribution in [1.82, 2.24) is 4.98 Å². The Morgan fingerprint density at radius 1 is 0.952 bits per heavy atom. The number of anilines is 2. The van der Waals surface area contributed by atoms with Crippen LogP contribution in [0.5, 0.6) is 0 Å². The van der Waals surface area contributed by atoms with E-state index in [-0.39, 0.29) is 0 Å². The van der Waals surface area contributed by atoms with Crippen LogP contribution in [-0.2, 0) is 0 Å². The van der Waals surface area contributed by atoms with Gasteiger partial charge in [0.1, 0.15) is 5.82 Å². The van der Waals surface area contributed by atoms with E-state index in [0.29, 0.717) is 0 Å². The van der Waals surface area contributed by atoms with E-state index in [9.17, 15) is 5.11 Å². The number of aliphatic hydroxyl groups is 1. The highest BCUT2D eigenvalue weighted by molar-refractivity contribution is 5.50. The molecule has 1 unspecified atom stereocenters. The Hall–Kier alpha value is -2.07. The zero-order chi connectivity index (χ0) is 14.7. The van der Waals surface area contributed by atoms with Gasteiger partial charge in [-0.15, -0.1) is 0 Å². The molecule has 1 N–H and O–H groups in total. The second kappa shape index (κ2) is 6.14. The average molecular weight is 283 g/mol. The lowest BCUT2D eigenvalue weighted by molar-refractivity contribution is 0.199. The highest BCUT2D eigenvalue weighted by Gasteiger charge is 2.18. The monoisotopic (exact) mass is 283 g/mol. The van der Waals surface area contributed by atoms with Gasteiger partial charge in [-0.3, -0.25) is 0 Å². The highest BCUT2D eigenvalue weighted by Crippen LogP contribution is 2.21. The van der Waals surface area contributed by atoms with Gasteiger partial charge in [0.15, 0.2) is 0 Å². The van der Waals surface area contributed by atoms with E-state index < -0.39 is 6.10 Å². The Kier molecular flexibility index (Phi) is 4.06. The molecule has 1 aromatic heterocycles. The molecule has 1 aromatic carbocycles. The molecular weight excluding hydrogens is 262 g/mol. The maximum absolute atomic E-state index is 9.56. The molecule has 3 rings (SSSR count). The van der Waals surface area contributed by atoms with Crippen LogP contribution in [-0.4, -0.2) is 36.3 Å². The lowest BCUT2D eigenvalue weighted by Crippen LogP contribution is -2.46. The van der Waals surface area contributed by atoms with Crippen LogP contribution in [0.15, 0.2) is 48.7 Å². The predicted molar refractivity (Wildman–Crippen MR) is 85.7 cm³/mol. The summed E-state index contributed by atoms with van der Waals surface area (Å²) < 4.78 is 0. The van der Waals surface area contributed by atoms with Gasteiger partial charge in [-0.25, -0.2) is 4.98 Å². The van der Waals surface area contributed by atoms with Gasteiger partial charge in [-0.1, -0.05) is 18.2 Å². The molecule has 1 fully saturated rings. The summed E-state index contributed by atoms with van der Waals surface area (Å²) in [6.45, 7) is 5.74. The molecular formula is C17H21N3O. The lowest BCUT2D eigenvalue weighted by atomic mass is 10.1. The quantitative estimate of drug-likeness (QED) is 0.939. The molecule has 0 saturated carbocycles. The van der Waals surface area contributed by atoms with Crippen LogP contribution in [0.4, 0.5) is 11.5 Å². The number of aliphatic hydroxyl groups excluding tert-OH is 1. The molecule has 21 heavy (non-hydrogen) atoms. The van der Waals surface area contributed by atoms with Gasteiger partial charge in [0, 0.05) is 38.1 Å². The minimum Gasteiger partial charge on any atom is -0.389 e. The fourth-order valence-corrected chi connectivity index (χ4v) is 2.70. The molecule has 0 aliphatic carbocycles. The zero-order valence-corrected chi connectivity index (χ0v) is 12.3. The minimum atomic E-state index is -0.403. The molecule has 4 heteroatoms. The van der Waals surface area contributed by atoms with Gasteiger partial charge in [0.2, 0.25) is 0 Å². The van der Waals surface area contributed by atoms with Crippen molar-refractivity contribution in [2.75, 3.05) is 36.0 Å². The number of aromatic nitrogens is 1. The number of nitrogens with zero attached hydrogens (tertiary/aromatic N) is 3. The van der Waals surface area contributed by atoms with Crippen molar-refractivity contribution in [2.45, 2.75) is 13.0 Å². The fourth-order valence-electron chi connectivity index (χ4n) is 2.70. The molecule has 0 bridgehead atoms. The maximum Gasteiger partial charge on any atom is 0.128 e. The normalized spacial score (nSPS) is 16.9. The summed E-state index contributed by atoms with van der Waals surface area (Å²) in [6.07, 6.45) is 1.44. The van der Waals surface area contributed by atoms with Crippen molar-refractivity contribution in [1.29, 1.82) is 0 Å². The van der Waals surface area contributed by atoms with Crippen LogP contribution in [0.1, 0.15) is 18.6 Å². The Balaban J connectivity index is 1.63. The van der Waals surface area contributed by atoms with E-state index in [2.05, 4.69) is 33.0 Å². The first kappa shape index (κ1) is 13.9. The van der Waals surface area contributed by atoms with E-state index in [1.165, 1.54) is 5.69 Å². The number of rotatable bonds is 3. The molecule has 1 aliphatic rings. The fraction of sp³-hybridized carbons (Fsp3) is 0.353. The molecule has 4 nitrogen and oxygen atoms in total. The third-order valence-electron chi connectivity index (χ3n) is 3.99. The number of hydrogen-bond acceptors (Lipinski definition) is 4. The van der Waals surface area contributed by atoms with Crippen LogP contribution in [0, 0.1) is 0 Å². The molecule has 2 aromatic rings. The Bertz CT molecular complexity index is 560. The first-order chi connectivity index (χ1) is 10.2. The van der Waals surface area contributed by atoms with Gasteiger partial charge in [-0.05, 0) is 36.8 Å². The maximum atomic E-state index is 9.56. The second-order valence-corrected chi connectivity index (χ2v) is 5.43. The number of benzene rings is 1. The minimum absolute atomic E-state index is 0.403. The highest BCUT2D eigenvalue weighted by atomic mass is 16.3. The summed E-state index contributed by atoms with van der Waals surface area (Å²) in [5.41, 5.74) is 2.19. The van der Waals surface area contributed by atoms with Crippen LogP contribution in [0.2, 0.25) is 0 Å². The number of hydrogen-bond donors (Lipinski definition) is 1. The van der Waals surface area contributed by atoms with Crippen LogP contribution in [0.25, 0.3) is 0 Å². The van der Waals surface area contributed by atoms with E-state index in [4.69, 9.17) is 0 Å². The second-order valence-electron chi connectivity index (χ2n) is 5.43. The molecule has 1 aliphatic heterocycles. The van der Waals surface area contributed by atoms with E-state index in [1.807, 2.05) is 30.5 Å². The standard InChI is InChI=1S/C17H21N3O/c1-14(21)15-5-7-16(8-6-15)19-10-12-20(13-11-19)17-4-2-3-9-18-17/h2-9,14,21H,10-13H2,1H3. The Morgan fingerprint density at radius 3 is 2.19 bits per heavy atom. The Morgan fingerprint density at radius 2 is 1.62 bits per heavy atom. The van der Waals surface area contributed by atoms with Crippen LogP contribution < -0.4 is 9.80 Å². The van der Waals surface area contributed by atoms with E-state index in [0.717, 1.165) is 37.6 Å². The molecule has 1 saturated heterocycles. The molecule has 1 atom stereocenters. The average Bonchev–Trinajstić information content (AvgIpc) is 2.56. The van der Waals surface area contributed by atoms with Gasteiger partial charge in [0.05, 0.1) is 6.10 Å². The van der Waals surface area contributed by atoms with E-state index in [1.54, 1.807) is 6.92 Å². The van der Waals surface area contributed by atoms with Gasteiger partial charge in [0.25, 0.3) is 0 Å². The summed E-state index contributed by atoms with van der Waals surface area (Å²) in [5.74, 6) is 1.06. The summed E-state index contributed by atoms with van der Waals surface area (Å²) in [4.78, 5) is 9.11. The van der Waals surface area contributed by atoms with Crippen molar-refractivity contribution in [2.24, 2.45) is 0 Å². The lowest BCUT2D eigenvalue weighted by Gasteiger charge is -2.36. The van der Waals surface area contributed by atoms with Gasteiger partial charge < -0.3 is 14.9 Å². The summed E-state index contributed by atoms with van der Waals surface area (Å²) in [5, 5.41) is 9.56. The SMILES string of the molecule is CC(O)c1ccc(N2CCN(c3ccccn3)CC2)cc1. The summed E-state index contributed by atoms with van der Waals surface area (Å²) in [6, 6.07) is 14.2. The van der Waals surface area contributed by atoms with Gasteiger partial charge >= 0.3 is 0 Å². The van der Waals surface area contributed by atoms with Crippen molar-refractivity contribution in [3.05, 3.63) is 54.2 Å². The molecule has 0 spiro atoms.